The molecule has 0 aromatic heterocycles. The molecule has 2 amide bonds. The minimum Gasteiger partial charge on any atom is -0.468 e. The van der Waals surface area contributed by atoms with E-state index in [0.717, 1.165) is 0 Å². The summed E-state index contributed by atoms with van der Waals surface area (Å²) in [5, 5.41) is 46.9. The van der Waals surface area contributed by atoms with Gasteiger partial charge in [0.05, 0.1) is 24.8 Å². The van der Waals surface area contributed by atoms with Gasteiger partial charge in [0.25, 0.3) is 5.91 Å². The zero-order valence-corrected chi connectivity index (χ0v) is 22.1. The summed E-state index contributed by atoms with van der Waals surface area (Å²) in [7, 11) is 0. The largest absolute Gasteiger partial charge is 0.468 e. The second kappa shape index (κ2) is 14.1. The number of nitrogens with two attached hydrogens (primary N) is 3. The molecule has 15 heteroatoms. The summed E-state index contributed by atoms with van der Waals surface area (Å²) < 4.78 is 23.4. The Hall–Kier alpha value is -1.92. The first kappa shape index (κ1) is 31.6. The summed E-state index contributed by atoms with van der Waals surface area (Å²) >= 11 is 0. The lowest BCUT2D eigenvalue weighted by molar-refractivity contribution is -0.297. The van der Waals surface area contributed by atoms with Gasteiger partial charge in [-0.25, -0.2) is 0 Å². The molecule has 10 atom stereocenters. The quantitative estimate of drug-likeness (QED) is 0.117. The van der Waals surface area contributed by atoms with Crippen molar-refractivity contribution in [1.29, 1.82) is 0 Å². The Kier molecular flexibility index (Phi) is 11.4. The average molecular weight is 562 g/mol. The molecule has 3 aliphatic rings. The van der Waals surface area contributed by atoms with Gasteiger partial charge in [0.15, 0.2) is 12.6 Å². The number of allylic oxidation sites excluding steroid dienone is 1. The number of ether oxygens (including phenoxy) is 4. The zero-order valence-electron chi connectivity index (χ0n) is 22.1. The summed E-state index contributed by atoms with van der Waals surface area (Å²) in [6.45, 7) is 1.36. The maximum Gasteiger partial charge on any atom is 0.250 e. The molecular weight excluding hydrogens is 518 g/mol. The van der Waals surface area contributed by atoms with Crippen LogP contribution in [0.5, 0.6) is 0 Å². The molecule has 0 spiro atoms. The van der Waals surface area contributed by atoms with E-state index < -0.39 is 66.7 Å². The first-order valence-corrected chi connectivity index (χ1v) is 13.2. The molecule has 12 N–H and O–H groups in total. The topological polar surface area (TPSA) is 254 Å². The number of amides is 2. The first-order chi connectivity index (χ1) is 18.4. The highest BCUT2D eigenvalue weighted by Gasteiger charge is 2.49. The lowest BCUT2D eigenvalue weighted by atomic mass is 9.83. The van der Waals surface area contributed by atoms with E-state index in [-0.39, 0.29) is 51.4 Å². The Labute approximate surface area is 226 Å². The second-order valence-electron chi connectivity index (χ2n) is 10.5. The van der Waals surface area contributed by atoms with E-state index in [2.05, 4.69) is 10.6 Å². The van der Waals surface area contributed by atoms with Crippen LogP contribution in [0.3, 0.4) is 0 Å². The molecule has 2 heterocycles. The third-order valence-corrected chi connectivity index (χ3v) is 6.88. The van der Waals surface area contributed by atoms with Crippen LogP contribution in [0.4, 0.5) is 0 Å². The van der Waals surface area contributed by atoms with Crippen LogP contribution in [-0.2, 0) is 28.5 Å². The van der Waals surface area contributed by atoms with E-state index in [9.17, 15) is 30.0 Å². The number of aliphatic hydroxyl groups excluding tert-OH is 3. The third-order valence-electron chi connectivity index (χ3n) is 6.88. The van der Waals surface area contributed by atoms with E-state index in [1.807, 2.05) is 0 Å². The molecular formula is C24H43N5O10. The normalized spacial score (nSPS) is 37.8. The third kappa shape index (κ3) is 8.78. The molecule has 1 aliphatic carbocycles. The molecule has 2 fully saturated rings. The number of aliphatic hydroxyl groups is 4. The van der Waals surface area contributed by atoms with Crippen LogP contribution in [0.25, 0.3) is 0 Å². The van der Waals surface area contributed by atoms with Gasteiger partial charge in [0.1, 0.15) is 36.3 Å². The van der Waals surface area contributed by atoms with Gasteiger partial charge in [-0.05, 0) is 25.8 Å². The van der Waals surface area contributed by atoms with Crippen LogP contribution in [0.2, 0.25) is 0 Å². The molecule has 1 saturated carbocycles. The molecule has 1 saturated heterocycles. The number of carbonyl (C=O) groups is 2. The smallest absolute Gasteiger partial charge is 0.250 e. The highest BCUT2D eigenvalue weighted by atomic mass is 16.7. The van der Waals surface area contributed by atoms with Crippen LogP contribution >= 0.6 is 0 Å². The van der Waals surface area contributed by atoms with Crippen LogP contribution in [0, 0.1) is 0 Å². The fourth-order valence-electron chi connectivity index (χ4n) is 4.85. The predicted octanol–water partition coefficient (Wildman–Crippen LogP) is -4.00. The van der Waals surface area contributed by atoms with Gasteiger partial charge in [-0.15, -0.1) is 0 Å². The van der Waals surface area contributed by atoms with E-state index in [1.54, 1.807) is 6.08 Å². The molecule has 0 radical (unpaired) electrons. The Morgan fingerprint density at radius 1 is 1.26 bits per heavy atom. The average Bonchev–Trinajstić information content (AvgIpc) is 2.88. The lowest BCUT2D eigenvalue weighted by Gasteiger charge is -2.47. The van der Waals surface area contributed by atoms with Crippen molar-refractivity contribution in [3.05, 3.63) is 11.8 Å². The predicted molar refractivity (Wildman–Crippen MR) is 135 cm³/mol. The Balaban J connectivity index is 1.67. The van der Waals surface area contributed by atoms with Crippen molar-refractivity contribution in [1.82, 2.24) is 10.6 Å². The molecule has 2 aliphatic heterocycles. The number of nitrogens with one attached hydrogen (secondary N) is 2. The van der Waals surface area contributed by atoms with Gasteiger partial charge in [0, 0.05) is 38.4 Å². The van der Waals surface area contributed by atoms with E-state index in [0.29, 0.717) is 18.6 Å². The van der Waals surface area contributed by atoms with E-state index in [1.165, 1.54) is 6.92 Å². The summed E-state index contributed by atoms with van der Waals surface area (Å²) in [5.41, 5.74) is 15.9. The molecule has 1 unspecified atom stereocenters. The van der Waals surface area contributed by atoms with Gasteiger partial charge in [0.2, 0.25) is 5.91 Å². The highest BCUT2D eigenvalue weighted by molar-refractivity contribution is 5.80. The molecule has 224 valence electrons. The summed E-state index contributed by atoms with van der Waals surface area (Å²) in [5.74, 6) is -0.575. The van der Waals surface area contributed by atoms with Crippen LogP contribution in [0.1, 0.15) is 39.0 Å². The van der Waals surface area contributed by atoms with Crippen molar-refractivity contribution >= 4 is 11.8 Å². The molecule has 39 heavy (non-hydrogen) atoms. The number of carbonyl (C=O) groups excluding carboxylic acids is 2. The van der Waals surface area contributed by atoms with Crippen molar-refractivity contribution in [3.8, 4) is 0 Å². The van der Waals surface area contributed by atoms with Crippen molar-refractivity contribution in [3.63, 3.8) is 0 Å². The van der Waals surface area contributed by atoms with Gasteiger partial charge in [-0.3, -0.25) is 9.59 Å². The van der Waals surface area contributed by atoms with E-state index >= 15 is 0 Å². The minimum absolute atomic E-state index is 0.00596. The van der Waals surface area contributed by atoms with Crippen LogP contribution < -0.4 is 27.8 Å². The van der Waals surface area contributed by atoms with Gasteiger partial charge in [-0.2, -0.15) is 0 Å². The van der Waals surface area contributed by atoms with Crippen molar-refractivity contribution in [2.45, 2.75) is 99.8 Å². The highest BCUT2D eigenvalue weighted by Crippen LogP contribution is 2.31. The fourth-order valence-corrected chi connectivity index (χ4v) is 4.85. The molecule has 0 bridgehead atoms. The summed E-state index contributed by atoms with van der Waals surface area (Å²) in [6.07, 6.45) is -4.87. The molecule has 0 aromatic rings. The molecule has 3 rings (SSSR count). The van der Waals surface area contributed by atoms with Gasteiger partial charge < -0.3 is 67.2 Å². The van der Waals surface area contributed by atoms with Crippen molar-refractivity contribution in [2.24, 2.45) is 17.2 Å². The summed E-state index contributed by atoms with van der Waals surface area (Å²) in [6, 6.07) is -1.46. The monoisotopic (exact) mass is 561 g/mol. The molecule has 0 aromatic carbocycles. The maximum atomic E-state index is 12.3. The van der Waals surface area contributed by atoms with Crippen molar-refractivity contribution < 1.29 is 49.0 Å². The SMILES string of the molecule is C[C@]1(O)CO[C@H](O[C@@H]2[C@@H](O)[C@H](O[C@@H]3CCC=C(CNC(=O)C(O)CN)O3)[C@@H](N)C[C@H]2NC(=O)CCN)[C@H](O)C1. The lowest BCUT2D eigenvalue weighted by Crippen LogP contribution is -2.66. The maximum absolute atomic E-state index is 12.3. The Bertz CT molecular complexity index is 861. The number of hydrogen-bond donors (Lipinski definition) is 9. The minimum atomic E-state index is -1.35. The Morgan fingerprint density at radius 2 is 2.00 bits per heavy atom. The number of hydrogen-bond acceptors (Lipinski definition) is 13. The second-order valence-corrected chi connectivity index (χ2v) is 10.5. The zero-order chi connectivity index (χ0) is 28.7. The Morgan fingerprint density at radius 3 is 2.67 bits per heavy atom. The molecule has 15 nitrogen and oxygen atoms in total. The standard InChI is InChI=1S/C24H43N5O10/c1-24(35)8-15(30)23(36-11-24)39-21-14(29-17(32)5-6-25)7-13(27)20(19(21)33)38-18-4-2-3-12(37-18)10-28-22(34)16(31)9-26/h3,13-16,18-21,23,30-31,33,35H,2,4-11,25-27H2,1H3,(H,28,34)(H,29,32)/t13-,14+,15+,16?,18+,19-,20+,21-,23+,24+/m0/s1. The van der Waals surface area contributed by atoms with E-state index in [4.69, 9.17) is 36.1 Å². The van der Waals surface area contributed by atoms with Crippen LogP contribution in [0.15, 0.2) is 11.8 Å². The fraction of sp³-hybridized carbons (Fsp3) is 0.833. The first-order valence-electron chi connectivity index (χ1n) is 13.2. The van der Waals surface area contributed by atoms with Crippen molar-refractivity contribution in [2.75, 3.05) is 26.2 Å². The number of rotatable bonds is 11. The van der Waals surface area contributed by atoms with Gasteiger partial charge in [-0.1, -0.05) is 0 Å². The van der Waals surface area contributed by atoms with Crippen LogP contribution in [-0.4, -0.2) is 119 Å². The summed E-state index contributed by atoms with van der Waals surface area (Å²) in [4.78, 5) is 24.1. The van der Waals surface area contributed by atoms with Gasteiger partial charge >= 0.3 is 0 Å².